The molecule has 0 bridgehead atoms. The Morgan fingerprint density at radius 2 is 2.35 bits per heavy atom. The number of hydrogen-bond acceptors (Lipinski definition) is 2. The summed E-state index contributed by atoms with van der Waals surface area (Å²) in [7, 11) is 0. The van der Waals surface area contributed by atoms with Gasteiger partial charge < -0.3 is 10.2 Å². The van der Waals surface area contributed by atoms with Crippen molar-refractivity contribution in [2.24, 2.45) is 0 Å². The molecule has 0 saturated carbocycles. The summed E-state index contributed by atoms with van der Waals surface area (Å²) in [6, 6.07) is 5.77. The van der Waals surface area contributed by atoms with Gasteiger partial charge in [0.05, 0.1) is 5.69 Å². The van der Waals surface area contributed by atoms with Gasteiger partial charge in [0.25, 0.3) is 0 Å². The van der Waals surface area contributed by atoms with Crippen molar-refractivity contribution < 1.29 is 4.39 Å². The van der Waals surface area contributed by atoms with E-state index in [0.717, 1.165) is 42.6 Å². The van der Waals surface area contributed by atoms with Gasteiger partial charge in [0.15, 0.2) is 0 Å². The predicted molar refractivity (Wildman–Crippen MR) is 73.0 cm³/mol. The van der Waals surface area contributed by atoms with Gasteiger partial charge in [0, 0.05) is 30.1 Å². The normalized spacial score (nSPS) is 20.6. The maximum absolute atomic E-state index is 13.9. The minimum atomic E-state index is -0.142. The van der Waals surface area contributed by atoms with Crippen molar-refractivity contribution in [2.45, 2.75) is 25.8 Å². The Hall–Kier alpha value is -0.610. The molecule has 1 saturated heterocycles. The first-order valence-corrected chi connectivity index (χ1v) is 6.93. The molecule has 1 fully saturated rings. The zero-order valence-corrected chi connectivity index (χ0v) is 11.6. The molecule has 1 aliphatic heterocycles. The van der Waals surface area contributed by atoms with E-state index < -0.39 is 0 Å². The summed E-state index contributed by atoms with van der Waals surface area (Å²) in [6.45, 7) is 4.88. The third kappa shape index (κ3) is 3.19. The zero-order valence-electron chi connectivity index (χ0n) is 10.0. The molecule has 0 aliphatic carbocycles. The molecule has 0 radical (unpaired) electrons. The Morgan fingerprint density at radius 1 is 1.53 bits per heavy atom. The third-order valence-corrected chi connectivity index (χ3v) is 3.64. The minimum absolute atomic E-state index is 0.142. The van der Waals surface area contributed by atoms with Crippen molar-refractivity contribution in [1.82, 2.24) is 5.32 Å². The smallest absolute Gasteiger partial charge is 0.147 e. The van der Waals surface area contributed by atoms with E-state index in [9.17, 15) is 4.39 Å². The molecular weight excluding hydrogens is 283 g/mol. The highest BCUT2D eigenvalue weighted by molar-refractivity contribution is 9.10. The molecule has 1 unspecified atom stereocenters. The van der Waals surface area contributed by atoms with Crippen LogP contribution in [0.2, 0.25) is 0 Å². The van der Waals surface area contributed by atoms with E-state index in [2.05, 4.69) is 33.1 Å². The summed E-state index contributed by atoms with van der Waals surface area (Å²) < 4.78 is 14.6. The summed E-state index contributed by atoms with van der Waals surface area (Å²) >= 11 is 3.29. The highest BCUT2D eigenvalue weighted by atomic mass is 79.9. The van der Waals surface area contributed by atoms with Gasteiger partial charge in [-0.1, -0.05) is 29.3 Å². The van der Waals surface area contributed by atoms with Crippen LogP contribution < -0.4 is 10.2 Å². The standard InChI is InChI=1S/C13H18BrFN2/c1-2-3-11-9-17(7-6-16-11)13-5-4-10(14)8-12(13)15/h4-5,8,11,16H,2-3,6-7,9H2,1H3. The molecule has 0 spiro atoms. The van der Waals surface area contributed by atoms with E-state index in [0.29, 0.717) is 6.04 Å². The Kier molecular flexibility index (Phi) is 4.40. The van der Waals surface area contributed by atoms with Crippen LogP contribution in [0.15, 0.2) is 22.7 Å². The molecular formula is C13H18BrFN2. The van der Waals surface area contributed by atoms with Crippen molar-refractivity contribution in [3.05, 3.63) is 28.5 Å². The molecule has 2 nitrogen and oxygen atoms in total. The van der Waals surface area contributed by atoms with Gasteiger partial charge in [0.1, 0.15) is 5.82 Å². The fourth-order valence-electron chi connectivity index (χ4n) is 2.32. The monoisotopic (exact) mass is 300 g/mol. The molecule has 0 aromatic heterocycles. The lowest BCUT2D eigenvalue weighted by Crippen LogP contribution is -2.50. The van der Waals surface area contributed by atoms with Gasteiger partial charge in [-0.3, -0.25) is 0 Å². The molecule has 1 atom stereocenters. The highest BCUT2D eigenvalue weighted by Gasteiger charge is 2.20. The van der Waals surface area contributed by atoms with Crippen molar-refractivity contribution >= 4 is 21.6 Å². The van der Waals surface area contributed by atoms with Crippen LogP contribution in [-0.2, 0) is 0 Å². The number of halogens is 2. The molecule has 1 aromatic rings. The number of rotatable bonds is 3. The second-order valence-corrected chi connectivity index (χ2v) is 5.40. The molecule has 1 aromatic carbocycles. The summed E-state index contributed by atoms with van der Waals surface area (Å²) in [5.41, 5.74) is 0.718. The topological polar surface area (TPSA) is 15.3 Å². The Bertz CT molecular complexity index is 382. The molecule has 1 aliphatic rings. The number of hydrogen-bond donors (Lipinski definition) is 1. The van der Waals surface area contributed by atoms with Crippen molar-refractivity contribution in [3.63, 3.8) is 0 Å². The van der Waals surface area contributed by atoms with Crippen molar-refractivity contribution in [2.75, 3.05) is 24.5 Å². The first-order valence-electron chi connectivity index (χ1n) is 6.14. The lowest BCUT2D eigenvalue weighted by molar-refractivity contribution is 0.427. The number of anilines is 1. The molecule has 17 heavy (non-hydrogen) atoms. The largest absolute Gasteiger partial charge is 0.366 e. The van der Waals surface area contributed by atoms with Crippen LogP contribution >= 0.6 is 15.9 Å². The average molecular weight is 301 g/mol. The van der Waals surface area contributed by atoms with Gasteiger partial charge in [-0.15, -0.1) is 0 Å². The van der Waals surface area contributed by atoms with Gasteiger partial charge >= 0.3 is 0 Å². The summed E-state index contributed by atoms with van der Waals surface area (Å²) in [6.07, 6.45) is 2.31. The second-order valence-electron chi connectivity index (χ2n) is 4.48. The summed E-state index contributed by atoms with van der Waals surface area (Å²) in [4.78, 5) is 2.14. The third-order valence-electron chi connectivity index (χ3n) is 3.14. The predicted octanol–water partition coefficient (Wildman–Crippen LogP) is 3.17. The highest BCUT2D eigenvalue weighted by Crippen LogP contribution is 2.24. The minimum Gasteiger partial charge on any atom is -0.366 e. The van der Waals surface area contributed by atoms with Crippen LogP contribution in [0, 0.1) is 5.82 Å². The van der Waals surface area contributed by atoms with E-state index in [1.165, 1.54) is 6.07 Å². The molecule has 1 heterocycles. The van der Waals surface area contributed by atoms with Gasteiger partial charge in [-0.05, 0) is 24.6 Å². The fourth-order valence-corrected chi connectivity index (χ4v) is 2.66. The second kappa shape index (κ2) is 5.83. The maximum Gasteiger partial charge on any atom is 0.147 e. The quantitative estimate of drug-likeness (QED) is 0.922. The Labute approximate surface area is 110 Å². The first-order chi connectivity index (χ1) is 8.20. The Balaban J connectivity index is 2.10. The van der Waals surface area contributed by atoms with E-state index >= 15 is 0 Å². The maximum atomic E-state index is 13.9. The van der Waals surface area contributed by atoms with Crippen LogP contribution in [0.3, 0.4) is 0 Å². The van der Waals surface area contributed by atoms with Crippen LogP contribution in [0.5, 0.6) is 0 Å². The number of nitrogens with zero attached hydrogens (tertiary/aromatic N) is 1. The first kappa shape index (κ1) is 12.8. The van der Waals surface area contributed by atoms with Crippen LogP contribution in [-0.4, -0.2) is 25.7 Å². The summed E-state index contributed by atoms with van der Waals surface area (Å²) in [5, 5.41) is 3.48. The number of benzene rings is 1. The van der Waals surface area contributed by atoms with E-state index in [1.807, 2.05) is 12.1 Å². The van der Waals surface area contributed by atoms with Crippen LogP contribution in [0.4, 0.5) is 10.1 Å². The Morgan fingerprint density at radius 3 is 3.06 bits per heavy atom. The molecule has 2 rings (SSSR count). The van der Waals surface area contributed by atoms with Crippen molar-refractivity contribution in [3.8, 4) is 0 Å². The number of piperazine rings is 1. The van der Waals surface area contributed by atoms with Gasteiger partial charge in [-0.2, -0.15) is 0 Å². The molecule has 0 amide bonds. The molecule has 1 N–H and O–H groups in total. The van der Waals surface area contributed by atoms with Crippen LogP contribution in [0.25, 0.3) is 0 Å². The van der Waals surface area contributed by atoms with E-state index in [4.69, 9.17) is 0 Å². The molecule has 94 valence electrons. The average Bonchev–Trinajstić information content (AvgIpc) is 2.29. The van der Waals surface area contributed by atoms with E-state index in [1.54, 1.807) is 0 Å². The SMILES string of the molecule is CCCC1CN(c2ccc(Br)cc2F)CCN1. The van der Waals surface area contributed by atoms with Gasteiger partial charge in [-0.25, -0.2) is 4.39 Å². The number of nitrogens with one attached hydrogen (secondary N) is 1. The lowest BCUT2D eigenvalue weighted by atomic mass is 10.1. The lowest BCUT2D eigenvalue weighted by Gasteiger charge is -2.35. The van der Waals surface area contributed by atoms with Crippen molar-refractivity contribution in [1.29, 1.82) is 0 Å². The fraction of sp³-hybridized carbons (Fsp3) is 0.538. The molecule has 4 heteroatoms. The van der Waals surface area contributed by atoms with E-state index in [-0.39, 0.29) is 5.82 Å². The summed E-state index contributed by atoms with van der Waals surface area (Å²) in [5.74, 6) is -0.142. The van der Waals surface area contributed by atoms with Crippen LogP contribution in [0.1, 0.15) is 19.8 Å². The van der Waals surface area contributed by atoms with Gasteiger partial charge in [0.2, 0.25) is 0 Å². The zero-order chi connectivity index (χ0) is 12.3.